The maximum Gasteiger partial charge on any atom is 0.247 e. The van der Waals surface area contributed by atoms with Crippen molar-refractivity contribution in [3.05, 3.63) is 64.6 Å². The second-order valence-electron chi connectivity index (χ2n) is 3.38. The Balaban J connectivity index is 2.37. The number of aliphatic imine (C=N–C) groups is 1. The molecule has 0 aliphatic carbocycles. The van der Waals surface area contributed by atoms with Gasteiger partial charge in [-0.25, -0.2) is 10.8 Å². The van der Waals surface area contributed by atoms with Crippen LogP contribution in [0.5, 0.6) is 0 Å². The first-order valence-electron chi connectivity index (χ1n) is 5.09. The fraction of sp³-hybridized carbons (Fsp3) is 0. The van der Waals surface area contributed by atoms with Crippen LogP contribution in [0.4, 0.5) is 5.69 Å². The number of benzene rings is 1. The van der Waals surface area contributed by atoms with Gasteiger partial charge in [-0.2, -0.15) is 0 Å². The topological polar surface area (TPSA) is 83.3 Å². The lowest BCUT2D eigenvalue weighted by atomic mass is 10.2. The van der Waals surface area contributed by atoms with Gasteiger partial charge in [0.25, 0.3) is 0 Å². The molecule has 0 amide bonds. The molecular formula is C12H12N4O. The summed E-state index contributed by atoms with van der Waals surface area (Å²) in [6, 6.07) is 12.5. The van der Waals surface area contributed by atoms with E-state index in [0.717, 1.165) is 11.3 Å². The zero-order valence-electron chi connectivity index (χ0n) is 9.05. The van der Waals surface area contributed by atoms with Crippen molar-refractivity contribution in [2.75, 3.05) is 0 Å². The molecule has 1 aromatic heterocycles. The normalized spacial score (nSPS) is 11.2. The van der Waals surface area contributed by atoms with E-state index in [-0.39, 0.29) is 5.56 Å². The molecule has 0 fully saturated rings. The number of hydrogen-bond acceptors (Lipinski definition) is 3. The Hall–Kier alpha value is -2.40. The molecule has 2 rings (SSSR count). The number of nitrogens with one attached hydrogen (secondary N) is 2. The second kappa shape index (κ2) is 5.09. The molecule has 0 radical (unpaired) electrons. The van der Waals surface area contributed by atoms with Crippen LogP contribution in [0, 0.1) is 0 Å². The summed E-state index contributed by atoms with van der Waals surface area (Å²) < 4.78 is 0. The highest BCUT2D eigenvalue weighted by Gasteiger charge is 2.01. The summed E-state index contributed by atoms with van der Waals surface area (Å²) in [5.74, 6) is 5.91. The molecule has 4 N–H and O–H groups in total. The third kappa shape index (κ3) is 2.79. The van der Waals surface area contributed by atoms with E-state index in [1.54, 1.807) is 12.3 Å². The van der Waals surface area contributed by atoms with Gasteiger partial charge in [-0.1, -0.05) is 18.2 Å². The smallest absolute Gasteiger partial charge is 0.247 e. The van der Waals surface area contributed by atoms with E-state index in [9.17, 15) is 4.79 Å². The van der Waals surface area contributed by atoms with E-state index in [2.05, 4.69) is 15.4 Å². The van der Waals surface area contributed by atoms with Gasteiger partial charge in [0.15, 0.2) is 0 Å². The first-order valence-corrected chi connectivity index (χ1v) is 5.09. The van der Waals surface area contributed by atoms with Gasteiger partial charge in [-0.15, -0.1) is 0 Å². The number of H-pyrrole nitrogens is 1. The maximum absolute atomic E-state index is 10.9. The number of para-hydroxylation sites is 1. The molecule has 0 atom stereocenters. The summed E-state index contributed by atoms with van der Waals surface area (Å²) in [4.78, 5) is 17.8. The van der Waals surface area contributed by atoms with E-state index in [4.69, 9.17) is 5.84 Å². The van der Waals surface area contributed by atoms with Gasteiger partial charge in [0.05, 0.1) is 5.69 Å². The fourth-order valence-corrected chi connectivity index (χ4v) is 1.37. The Kier molecular flexibility index (Phi) is 3.32. The van der Waals surface area contributed by atoms with Crippen molar-refractivity contribution in [2.24, 2.45) is 10.8 Å². The summed E-state index contributed by atoms with van der Waals surface area (Å²) in [5, 5.41) is 0. The fourth-order valence-electron chi connectivity index (χ4n) is 1.37. The van der Waals surface area contributed by atoms with Gasteiger partial charge in [0.2, 0.25) is 5.56 Å². The Morgan fingerprint density at radius 1 is 1.18 bits per heavy atom. The lowest BCUT2D eigenvalue weighted by Gasteiger charge is -2.04. The maximum atomic E-state index is 10.9. The summed E-state index contributed by atoms with van der Waals surface area (Å²) in [7, 11) is 0. The number of aromatic amines is 1. The van der Waals surface area contributed by atoms with Gasteiger partial charge in [0, 0.05) is 17.8 Å². The molecule has 17 heavy (non-hydrogen) atoms. The van der Waals surface area contributed by atoms with E-state index >= 15 is 0 Å². The van der Waals surface area contributed by atoms with Gasteiger partial charge in [-0.05, 0) is 18.2 Å². The zero-order chi connectivity index (χ0) is 12.1. The molecule has 0 saturated carbocycles. The van der Waals surface area contributed by atoms with Gasteiger partial charge in [0.1, 0.15) is 5.84 Å². The van der Waals surface area contributed by atoms with E-state index in [1.807, 2.05) is 30.3 Å². The predicted molar refractivity (Wildman–Crippen MR) is 67.0 cm³/mol. The molecule has 0 spiro atoms. The molecule has 0 unspecified atom stereocenters. The summed E-state index contributed by atoms with van der Waals surface area (Å²) in [6.07, 6.45) is 1.56. The Morgan fingerprint density at radius 3 is 2.53 bits per heavy atom. The number of pyridine rings is 1. The van der Waals surface area contributed by atoms with Crippen LogP contribution in [0.15, 0.2) is 58.4 Å². The highest BCUT2D eigenvalue weighted by Crippen LogP contribution is 2.11. The van der Waals surface area contributed by atoms with Crippen molar-refractivity contribution in [3.63, 3.8) is 0 Å². The Bertz CT molecular complexity index is 554. The van der Waals surface area contributed by atoms with Crippen LogP contribution < -0.4 is 16.8 Å². The average molecular weight is 228 g/mol. The number of nitrogens with two attached hydrogens (primary N) is 1. The minimum Gasteiger partial charge on any atom is -0.328 e. The van der Waals surface area contributed by atoms with Crippen LogP contribution >= 0.6 is 0 Å². The van der Waals surface area contributed by atoms with E-state index < -0.39 is 0 Å². The third-order valence-corrected chi connectivity index (χ3v) is 2.19. The van der Waals surface area contributed by atoms with Crippen LogP contribution in [0.3, 0.4) is 0 Å². The van der Waals surface area contributed by atoms with Crippen molar-refractivity contribution in [2.45, 2.75) is 0 Å². The van der Waals surface area contributed by atoms with Crippen LogP contribution in [0.25, 0.3) is 0 Å². The van der Waals surface area contributed by atoms with Gasteiger partial charge in [-0.3, -0.25) is 4.79 Å². The predicted octanol–water partition coefficient (Wildman–Crippen LogP) is 0.917. The van der Waals surface area contributed by atoms with Crippen LogP contribution in [0.2, 0.25) is 0 Å². The number of hydrogen-bond donors (Lipinski definition) is 3. The molecule has 0 saturated heterocycles. The average Bonchev–Trinajstić information content (AvgIpc) is 2.38. The number of aromatic nitrogens is 1. The Morgan fingerprint density at radius 2 is 1.94 bits per heavy atom. The van der Waals surface area contributed by atoms with Crippen molar-refractivity contribution in [1.82, 2.24) is 10.4 Å². The number of amidine groups is 1. The van der Waals surface area contributed by atoms with Crippen molar-refractivity contribution >= 4 is 11.5 Å². The molecule has 0 bridgehead atoms. The monoisotopic (exact) mass is 228 g/mol. The molecule has 2 aromatic rings. The van der Waals surface area contributed by atoms with Crippen LogP contribution in [-0.4, -0.2) is 10.8 Å². The minimum atomic E-state index is -0.162. The molecular weight excluding hydrogens is 216 g/mol. The molecule has 1 heterocycles. The third-order valence-electron chi connectivity index (χ3n) is 2.19. The van der Waals surface area contributed by atoms with E-state index in [0.29, 0.717) is 5.84 Å². The van der Waals surface area contributed by atoms with E-state index in [1.165, 1.54) is 6.07 Å². The molecule has 0 aliphatic rings. The number of nitrogens with zero attached hydrogens (tertiary/aromatic N) is 1. The molecule has 0 aliphatic heterocycles. The zero-order valence-corrected chi connectivity index (χ0v) is 9.05. The minimum absolute atomic E-state index is 0.162. The number of hydrazine groups is 1. The summed E-state index contributed by atoms with van der Waals surface area (Å²) in [6.45, 7) is 0. The highest BCUT2D eigenvalue weighted by molar-refractivity contribution is 5.99. The summed E-state index contributed by atoms with van der Waals surface area (Å²) >= 11 is 0. The molecule has 5 nitrogen and oxygen atoms in total. The SMILES string of the molecule is NNC(=Nc1ccccc1)c1ccc(=O)[nH]c1. The molecule has 5 heteroatoms. The Labute approximate surface area is 98.0 Å². The quantitative estimate of drug-likeness (QED) is 0.309. The largest absolute Gasteiger partial charge is 0.328 e. The first-order chi connectivity index (χ1) is 8.29. The first kappa shape index (κ1) is 11.1. The lowest BCUT2D eigenvalue weighted by molar-refractivity contribution is 1.02. The van der Waals surface area contributed by atoms with Gasteiger partial charge >= 0.3 is 0 Å². The van der Waals surface area contributed by atoms with Crippen LogP contribution in [0.1, 0.15) is 5.56 Å². The van der Waals surface area contributed by atoms with Gasteiger partial charge < -0.3 is 10.4 Å². The molecule has 1 aromatic carbocycles. The summed E-state index contributed by atoms with van der Waals surface area (Å²) in [5.41, 5.74) is 3.85. The second-order valence-corrected chi connectivity index (χ2v) is 3.38. The lowest BCUT2D eigenvalue weighted by Crippen LogP contribution is -2.31. The standard InChI is InChI=1S/C12H12N4O/c13-16-12(9-6-7-11(17)14-8-9)15-10-4-2-1-3-5-10/h1-8H,13H2,(H,14,17)(H,15,16). The van der Waals surface area contributed by atoms with Crippen LogP contribution in [-0.2, 0) is 0 Å². The number of rotatable bonds is 2. The van der Waals surface area contributed by atoms with Crippen molar-refractivity contribution in [1.29, 1.82) is 0 Å². The molecule has 86 valence electrons. The highest BCUT2D eigenvalue weighted by atomic mass is 16.1. The van der Waals surface area contributed by atoms with Crippen molar-refractivity contribution in [3.8, 4) is 0 Å². The van der Waals surface area contributed by atoms with Crippen molar-refractivity contribution < 1.29 is 0 Å².